The first kappa shape index (κ1) is 12.1. The lowest BCUT2D eigenvalue weighted by Crippen LogP contribution is -2.29. The Morgan fingerprint density at radius 2 is 1.67 bits per heavy atom. The fourth-order valence-corrected chi connectivity index (χ4v) is 1.96. The number of allylic oxidation sites excluding steroid dienone is 4. The van der Waals surface area contributed by atoms with Crippen molar-refractivity contribution in [2.24, 2.45) is 0 Å². The van der Waals surface area contributed by atoms with Gasteiger partial charge in [-0.05, 0) is 51.7 Å². The predicted molar refractivity (Wildman–Crippen MR) is 67.8 cm³/mol. The Labute approximate surface area is 94.2 Å². The number of piperidine rings is 1. The summed E-state index contributed by atoms with van der Waals surface area (Å²) in [6.45, 7) is 12.7. The van der Waals surface area contributed by atoms with Crippen LogP contribution in [0.3, 0.4) is 0 Å². The molecule has 0 radical (unpaired) electrons. The van der Waals surface area contributed by atoms with Crippen molar-refractivity contribution in [2.45, 2.75) is 40.0 Å². The van der Waals surface area contributed by atoms with Crippen LogP contribution in [0.4, 0.5) is 0 Å². The summed E-state index contributed by atoms with van der Waals surface area (Å²) in [6, 6.07) is 0. The highest BCUT2D eigenvalue weighted by Crippen LogP contribution is 2.19. The normalized spacial score (nSPS) is 17.5. The highest BCUT2D eigenvalue weighted by molar-refractivity contribution is 5.30. The molecule has 0 aliphatic carbocycles. The van der Waals surface area contributed by atoms with Gasteiger partial charge in [0.15, 0.2) is 0 Å². The quantitative estimate of drug-likeness (QED) is 0.632. The third-order valence-electron chi connectivity index (χ3n) is 2.90. The minimum Gasteiger partial charge on any atom is -0.372 e. The molecular weight excluding hydrogens is 182 g/mol. The Morgan fingerprint density at radius 1 is 1.07 bits per heavy atom. The predicted octanol–water partition coefficient (Wildman–Crippen LogP) is 3.90. The summed E-state index contributed by atoms with van der Waals surface area (Å²) in [5.41, 5.74) is 4.04. The van der Waals surface area contributed by atoms with Crippen molar-refractivity contribution >= 4 is 0 Å². The molecule has 84 valence electrons. The summed E-state index contributed by atoms with van der Waals surface area (Å²) in [6.07, 6.45) is 8.23. The molecule has 1 aliphatic rings. The highest BCUT2D eigenvalue weighted by Gasteiger charge is 2.12. The van der Waals surface area contributed by atoms with Gasteiger partial charge in [0.1, 0.15) is 0 Å². The van der Waals surface area contributed by atoms with Gasteiger partial charge in [-0.3, -0.25) is 0 Å². The zero-order chi connectivity index (χ0) is 11.3. The second-order valence-corrected chi connectivity index (χ2v) is 4.53. The lowest BCUT2D eigenvalue weighted by Gasteiger charge is -2.31. The zero-order valence-electron chi connectivity index (χ0n) is 10.3. The molecule has 1 heteroatoms. The van der Waals surface area contributed by atoms with E-state index < -0.39 is 0 Å². The second-order valence-electron chi connectivity index (χ2n) is 4.53. The molecule has 0 bridgehead atoms. The van der Waals surface area contributed by atoms with Crippen LogP contribution >= 0.6 is 0 Å². The van der Waals surface area contributed by atoms with Crippen molar-refractivity contribution in [1.82, 2.24) is 4.90 Å². The van der Waals surface area contributed by atoms with E-state index in [9.17, 15) is 0 Å². The number of rotatable bonds is 3. The minimum atomic E-state index is 1.21. The molecule has 1 rings (SSSR count). The van der Waals surface area contributed by atoms with E-state index >= 15 is 0 Å². The van der Waals surface area contributed by atoms with Crippen LogP contribution in [0.1, 0.15) is 40.0 Å². The molecule has 0 aromatic rings. The van der Waals surface area contributed by atoms with Crippen molar-refractivity contribution in [3.63, 3.8) is 0 Å². The number of hydrogen-bond donors (Lipinski definition) is 0. The van der Waals surface area contributed by atoms with Crippen molar-refractivity contribution in [3.8, 4) is 0 Å². The first-order valence-corrected chi connectivity index (χ1v) is 5.88. The fourth-order valence-electron chi connectivity index (χ4n) is 1.96. The van der Waals surface area contributed by atoms with Gasteiger partial charge in [-0.1, -0.05) is 18.2 Å². The molecule has 15 heavy (non-hydrogen) atoms. The molecule has 1 heterocycles. The van der Waals surface area contributed by atoms with E-state index in [1.54, 1.807) is 0 Å². The first-order valence-electron chi connectivity index (χ1n) is 5.88. The molecule has 0 spiro atoms. The minimum absolute atomic E-state index is 1.21. The molecule has 1 saturated heterocycles. The van der Waals surface area contributed by atoms with E-state index in [0.717, 1.165) is 0 Å². The van der Waals surface area contributed by atoms with Gasteiger partial charge in [-0.2, -0.15) is 0 Å². The summed E-state index contributed by atoms with van der Waals surface area (Å²) in [7, 11) is 0. The fraction of sp³-hybridized carbons (Fsp3) is 0.571. The number of likely N-dealkylation sites (tertiary alicyclic amines) is 1. The van der Waals surface area contributed by atoms with Gasteiger partial charge >= 0.3 is 0 Å². The molecule has 1 nitrogen and oxygen atoms in total. The van der Waals surface area contributed by atoms with Crippen molar-refractivity contribution < 1.29 is 0 Å². The molecule has 0 aromatic heterocycles. The lowest BCUT2D eigenvalue weighted by atomic mass is 10.1. The molecule has 0 saturated carbocycles. The van der Waals surface area contributed by atoms with E-state index in [1.165, 1.54) is 49.2 Å². The molecule has 0 atom stereocenters. The van der Waals surface area contributed by atoms with Crippen LogP contribution in [0.5, 0.6) is 0 Å². The van der Waals surface area contributed by atoms with E-state index in [0.29, 0.717) is 0 Å². The number of nitrogens with zero attached hydrogens (tertiary/aromatic N) is 1. The van der Waals surface area contributed by atoms with Gasteiger partial charge in [0.2, 0.25) is 0 Å². The number of hydrogen-bond acceptors (Lipinski definition) is 1. The molecule has 0 N–H and O–H groups in total. The molecule has 0 aromatic carbocycles. The van der Waals surface area contributed by atoms with E-state index in [2.05, 4.69) is 38.3 Å². The Hall–Kier alpha value is -0.980. The third kappa shape index (κ3) is 3.58. The molecule has 1 fully saturated rings. The monoisotopic (exact) mass is 205 g/mol. The summed E-state index contributed by atoms with van der Waals surface area (Å²) in [5, 5.41) is 0. The lowest BCUT2D eigenvalue weighted by molar-refractivity contribution is 0.290. The maximum absolute atomic E-state index is 3.81. The average molecular weight is 205 g/mol. The zero-order valence-corrected chi connectivity index (χ0v) is 10.3. The van der Waals surface area contributed by atoms with Crippen LogP contribution in [-0.2, 0) is 0 Å². The topological polar surface area (TPSA) is 3.24 Å². The van der Waals surface area contributed by atoms with Crippen LogP contribution in [0.2, 0.25) is 0 Å². The van der Waals surface area contributed by atoms with Crippen molar-refractivity contribution in [2.75, 3.05) is 13.1 Å². The van der Waals surface area contributed by atoms with Crippen LogP contribution < -0.4 is 0 Å². The van der Waals surface area contributed by atoms with Crippen LogP contribution in [0.15, 0.2) is 35.6 Å². The summed E-state index contributed by atoms with van der Waals surface area (Å²) >= 11 is 0. The first-order chi connectivity index (χ1) is 7.15. The highest BCUT2D eigenvalue weighted by atomic mass is 15.1. The molecular formula is C14H23N. The van der Waals surface area contributed by atoms with Gasteiger partial charge in [-0.25, -0.2) is 0 Å². The SMILES string of the molecule is C=C/C(C)=C\C(=C(C)C)N1CCCCC1. The van der Waals surface area contributed by atoms with Gasteiger partial charge in [-0.15, -0.1) is 0 Å². The Balaban J connectivity index is 2.83. The van der Waals surface area contributed by atoms with Crippen LogP contribution in [0, 0.1) is 0 Å². The van der Waals surface area contributed by atoms with Crippen molar-refractivity contribution in [1.29, 1.82) is 0 Å². The molecule has 0 amide bonds. The molecule has 1 aliphatic heterocycles. The third-order valence-corrected chi connectivity index (χ3v) is 2.90. The Kier molecular flexibility index (Phi) is 4.67. The maximum Gasteiger partial charge on any atom is 0.0355 e. The maximum atomic E-state index is 3.81. The summed E-state index contributed by atoms with van der Waals surface area (Å²) in [5.74, 6) is 0. The summed E-state index contributed by atoms with van der Waals surface area (Å²) < 4.78 is 0. The van der Waals surface area contributed by atoms with Crippen LogP contribution in [0.25, 0.3) is 0 Å². The summed E-state index contributed by atoms with van der Waals surface area (Å²) in [4.78, 5) is 2.51. The van der Waals surface area contributed by atoms with Gasteiger partial charge in [0.25, 0.3) is 0 Å². The van der Waals surface area contributed by atoms with Gasteiger partial charge < -0.3 is 4.90 Å². The average Bonchev–Trinajstić information content (AvgIpc) is 2.26. The van der Waals surface area contributed by atoms with Crippen molar-refractivity contribution in [3.05, 3.63) is 35.6 Å². The van der Waals surface area contributed by atoms with Crippen LogP contribution in [-0.4, -0.2) is 18.0 Å². The Morgan fingerprint density at radius 3 is 2.13 bits per heavy atom. The van der Waals surface area contributed by atoms with E-state index in [-0.39, 0.29) is 0 Å². The standard InChI is InChI=1S/C14H23N/c1-5-13(4)11-14(12(2)3)15-9-7-6-8-10-15/h5,11H,1,6-10H2,2-4H3/b13-11-. The second kappa shape index (κ2) is 5.79. The smallest absolute Gasteiger partial charge is 0.0355 e. The molecule has 0 unspecified atom stereocenters. The van der Waals surface area contributed by atoms with Gasteiger partial charge in [0.05, 0.1) is 0 Å². The van der Waals surface area contributed by atoms with E-state index in [1.807, 2.05) is 6.08 Å². The Bertz CT molecular complexity index is 274. The van der Waals surface area contributed by atoms with E-state index in [4.69, 9.17) is 0 Å². The largest absolute Gasteiger partial charge is 0.372 e. The van der Waals surface area contributed by atoms with Gasteiger partial charge in [0, 0.05) is 18.8 Å².